The van der Waals surface area contributed by atoms with E-state index >= 15 is 0 Å². The van der Waals surface area contributed by atoms with Crippen molar-refractivity contribution >= 4 is 21.7 Å². The highest BCUT2D eigenvalue weighted by molar-refractivity contribution is 9.10. The standard InChI is InChI=1S/C14H8BrF3O/c15-9-4-5-11(16)8(6-9)7-13(19)10-2-1-3-12(17)14(10)18/h1-6H,7H2. The molecule has 0 atom stereocenters. The topological polar surface area (TPSA) is 17.1 Å². The summed E-state index contributed by atoms with van der Waals surface area (Å²) in [6.07, 6.45) is -0.328. The lowest BCUT2D eigenvalue weighted by Gasteiger charge is -2.05. The van der Waals surface area contributed by atoms with Gasteiger partial charge in [-0.3, -0.25) is 4.79 Å². The number of Topliss-reactive ketones (excluding diaryl/α,β-unsaturated/α-hetero) is 1. The monoisotopic (exact) mass is 328 g/mol. The molecule has 0 spiro atoms. The molecule has 0 aliphatic heterocycles. The van der Waals surface area contributed by atoms with Gasteiger partial charge in [0.2, 0.25) is 0 Å². The molecule has 98 valence electrons. The maximum absolute atomic E-state index is 13.5. The van der Waals surface area contributed by atoms with Crippen LogP contribution in [0, 0.1) is 17.5 Å². The lowest BCUT2D eigenvalue weighted by atomic mass is 10.0. The minimum atomic E-state index is -1.21. The van der Waals surface area contributed by atoms with E-state index in [0.29, 0.717) is 4.47 Å². The fourth-order valence-electron chi connectivity index (χ4n) is 1.67. The number of carbonyl (C=O) groups excluding carboxylic acids is 1. The Morgan fingerprint density at radius 2 is 1.79 bits per heavy atom. The highest BCUT2D eigenvalue weighted by Gasteiger charge is 2.17. The van der Waals surface area contributed by atoms with Crippen LogP contribution in [-0.2, 0) is 6.42 Å². The van der Waals surface area contributed by atoms with Gasteiger partial charge in [0.25, 0.3) is 0 Å². The first-order chi connectivity index (χ1) is 8.99. The zero-order valence-corrected chi connectivity index (χ0v) is 11.2. The summed E-state index contributed by atoms with van der Waals surface area (Å²) >= 11 is 3.16. The SMILES string of the molecule is O=C(Cc1cc(Br)ccc1F)c1cccc(F)c1F. The summed E-state index contributed by atoms with van der Waals surface area (Å²) in [7, 11) is 0. The molecule has 1 nitrogen and oxygen atoms in total. The molecule has 0 fully saturated rings. The van der Waals surface area contributed by atoms with E-state index in [2.05, 4.69) is 15.9 Å². The molecule has 0 radical (unpaired) electrons. The Balaban J connectivity index is 2.31. The highest BCUT2D eigenvalue weighted by Crippen LogP contribution is 2.19. The van der Waals surface area contributed by atoms with E-state index < -0.39 is 23.2 Å². The maximum atomic E-state index is 13.5. The summed E-state index contributed by atoms with van der Waals surface area (Å²) in [4.78, 5) is 11.9. The van der Waals surface area contributed by atoms with Gasteiger partial charge in [-0.2, -0.15) is 0 Å². The third kappa shape index (κ3) is 3.04. The Morgan fingerprint density at radius 3 is 2.53 bits per heavy atom. The van der Waals surface area contributed by atoms with Crippen LogP contribution < -0.4 is 0 Å². The van der Waals surface area contributed by atoms with Crippen molar-refractivity contribution < 1.29 is 18.0 Å². The van der Waals surface area contributed by atoms with Gasteiger partial charge >= 0.3 is 0 Å². The Hall–Kier alpha value is -1.62. The third-order valence-electron chi connectivity index (χ3n) is 2.61. The number of hydrogen-bond donors (Lipinski definition) is 0. The van der Waals surface area contributed by atoms with E-state index in [4.69, 9.17) is 0 Å². The van der Waals surface area contributed by atoms with Crippen molar-refractivity contribution in [2.24, 2.45) is 0 Å². The van der Waals surface area contributed by atoms with E-state index in [-0.39, 0.29) is 17.5 Å². The van der Waals surface area contributed by atoms with Crippen LogP contribution in [0.3, 0.4) is 0 Å². The lowest BCUT2D eigenvalue weighted by Crippen LogP contribution is -2.08. The number of halogens is 4. The second-order valence-corrected chi connectivity index (χ2v) is 4.85. The van der Waals surface area contributed by atoms with Crippen LogP contribution in [-0.4, -0.2) is 5.78 Å². The van der Waals surface area contributed by atoms with Gasteiger partial charge in [0.1, 0.15) is 5.82 Å². The summed E-state index contributed by atoms with van der Waals surface area (Å²) in [6, 6.07) is 7.47. The van der Waals surface area contributed by atoms with Gasteiger partial charge in [0.15, 0.2) is 17.4 Å². The van der Waals surface area contributed by atoms with Gasteiger partial charge < -0.3 is 0 Å². The van der Waals surface area contributed by atoms with E-state index in [1.165, 1.54) is 30.3 Å². The molecule has 0 aromatic heterocycles. The van der Waals surface area contributed by atoms with Crippen molar-refractivity contribution in [3.63, 3.8) is 0 Å². The van der Waals surface area contributed by atoms with Crippen molar-refractivity contribution in [1.82, 2.24) is 0 Å². The molecule has 0 aliphatic carbocycles. The largest absolute Gasteiger partial charge is 0.294 e. The molecule has 2 aromatic carbocycles. The van der Waals surface area contributed by atoms with Crippen LogP contribution in [0.25, 0.3) is 0 Å². The molecule has 0 N–H and O–H groups in total. The quantitative estimate of drug-likeness (QED) is 0.768. The highest BCUT2D eigenvalue weighted by atomic mass is 79.9. The molecule has 5 heteroatoms. The van der Waals surface area contributed by atoms with Crippen LogP contribution in [0.1, 0.15) is 15.9 Å². The first-order valence-electron chi connectivity index (χ1n) is 5.40. The Labute approximate surface area is 116 Å². The first-order valence-corrected chi connectivity index (χ1v) is 6.19. The summed E-state index contributed by atoms with van der Waals surface area (Å²) in [5, 5.41) is 0. The van der Waals surface area contributed by atoms with Crippen molar-refractivity contribution in [3.8, 4) is 0 Å². The molecule has 19 heavy (non-hydrogen) atoms. The summed E-state index contributed by atoms with van der Waals surface area (Å²) < 4.78 is 40.5. The number of ketones is 1. The molecule has 2 aromatic rings. The molecule has 0 saturated heterocycles. The lowest BCUT2D eigenvalue weighted by molar-refractivity contribution is 0.0987. The van der Waals surface area contributed by atoms with E-state index in [1.807, 2.05) is 0 Å². The average Bonchev–Trinajstić information content (AvgIpc) is 2.37. The minimum Gasteiger partial charge on any atom is -0.294 e. The van der Waals surface area contributed by atoms with Crippen LogP contribution in [0.15, 0.2) is 40.9 Å². The number of rotatable bonds is 3. The molecular weight excluding hydrogens is 321 g/mol. The van der Waals surface area contributed by atoms with Gasteiger partial charge in [-0.25, -0.2) is 13.2 Å². The number of hydrogen-bond acceptors (Lipinski definition) is 1. The predicted molar refractivity (Wildman–Crippen MR) is 68.5 cm³/mol. The van der Waals surface area contributed by atoms with Gasteiger partial charge in [-0.1, -0.05) is 22.0 Å². The average molecular weight is 329 g/mol. The molecule has 2 rings (SSSR count). The molecule has 0 saturated carbocycles. The van der Waals surface area contributed by atoms with Crippen molar-refractivity contribution in [1.29, 1.82) is 0 Å². The summed E-state index contributed by atoms with van der Waals surface area (Å²) in [5.41, 5.74) is -0.248. The fraction of sp³-hybridized carbons (Fsp3) is 0.0714. The van der Waals surface area contributed by atoms with Crippen molar-refractivity contribution in [2.45, 2.75) is 6.42 Å². The summed E-state index contributed by atoms with van der Waals surface area (Å²) in [6.45, 7) is 0. The third-order valence-corrected chi connectivity index (χ3v) is 3.10. The van der Waals surface area contributed by atoms with Crippen molar-refractivity contribution in [2.75, 3.05) is 0 Å². The molecule has 0 heterocycles. The first kappa shape index (κ1) is 13.8. The number of benzene rings is 2. The van der Waals surface area contributed by atoms with Crippen LogP contribution in [0.5, 0.6) is 0 Å². The second kappa shape index (κ2) is 5.57. The van der Waals surface area contributed by atoms with Crippen LogP contribution in [0.4, 0.5) is 13.2 Å². The van der Waals surface area contributed by atoms with Gasteiger partial charge in [-0.15, -0.1) is 0 Å². The number of carbonyl (C=O) groups is 1. The smallest absolute Gasteiger partial charge is 0.170 e. The normalized spacial score (nSPS) is 10.5. The van der Waals surface area contributed by atoms with E-state index in [0.717, 1.165) is 6.07 Å². The Kier molecular flexibility index (Phi) is 4.04. The predicted octanol–water partition coefficient (Wildman–Crippen LogP) is 4.29. The Morgan fingerprint density at radius 1 is 1.05 bits per heavy atom. The molecular formula is C14H8BrF3O. The van der Waals surface area contributed by atoms with E-state index in [9.17, 15) is 18.0 Å². The maximum Gasteiger partial charge on any atom is 0.170 e. The van der Waals surface area contributed by atoms with Gasteiger partial charge in [-0.05, 0) is 35.9 Å². The minimum absolute atomic E-state index is 0.128. The van der Waals surface area contributed by atoms with Gasteiger partial charge in [0.05, 0.1) is 5.56 Å². The molecule has 0 aliphatic rings. The van der Waals surface area contributed by atoms with E-state index in [1.54, 1.807) is 0 Å². The summed E-state index contributed by atoms with van der Waals surface area (Å²) in [5.74, 6) is -3.54. The van der Waals surface area contributed by atoms with Crippen LogP contribution in [0.2, 0.25) is 0 Å². The van der Waals surface area contributed by atoms with Gasteiger partial charge in [0, 0.05) is 10.9 Å². The molecule has 0 unspecified atom stereocenters. The zero-order chi connectivity index (χ0) is 14.0. The fourth-order valence-corrected chi connectivity index (χ4v) is 2.07. The van der Waals surface area contributed by atoms with Crippen LogP contribution >= 0.6 is 15.9 Å². The molecule has 0 amide bonds. The second-order valence-electron chi connectivity index (χ2n) is 3.94. The molecule has 0 bridgehead atoms. The van der Waals surface area contributed by atoms with Crippen molar-refractivity contribution in [3.05, 3.63) is 69.4 Å². The zero-order valence-electron chi connectivity index (χ0n) is 9.59. The Bertz CT molecular complexity index is 641.